The lowest BCUT2D eigenvalue weighted by Gasteiger charge is -2.24. The summed E-state index contributed by atoms with van der Waals surface area (Å²) in [5.41, 5.74) is -0.650. The van der Waals surface area contributed by atoms with E-state index in [1.165, 1.54) is 0 Å². The van der Waals surface area contributed by atoms with E-state index < -0.39 is 5.60 Å². The van der Waals surface area contributed by atoms with E-state index in [4.69, 9.17) is 5.11 Å². The highest BCUT2D eigenvalue weighted by Gasteiger charge is 2.18. The summed E-state index contributed by atoms with van der Waals surface area (Å²) in [5, 5.41) is 21.6. The van der Waals surface area contributed by atoms with Crippen LogP contribution < -0.4 is 5.32 Å². The van der Waals surface area contributed by atoms with Gasteiger partial charge in [0.2, 0.25) is 0 Å². The molecule has 0 aliphatic rings. The number of aliphatic hydroxyl groups is 2. The van der Waals surface area contributed by atoms with E-state index >= 15 is 0 Å². The zero-order valence-corrected chi connectivity index (χ0v) is 8.30. The van der Waals surface area contributed by atoms with Crippen molar-refractivity contribution >= 4 is 0 Å². The lowest BCUT2D eigenvalue weighted by molar-refractivity contribution is 0.0499. The molecule has 2 atom stereocenters. The van der Waals surface area contributed by atoms with Gasteiger partial charge in [-0.25, -0.2) is 0 Å². The van der Waals surface area contributed by atoms with Crippen LogP contribution in [-0.4, -0.2) is 35.0 Å². The molecule has 0 saturated heterocycles. The van der Waals surface area contributed by atoms with E-state index in [1.54, 1.807) is 6.92 Å². The molecular weight excluding hydrogens is 154 g/mol. The summed E-state index contributed by atoms with van der Waals surface area (Å²) in [6.07, 6.45) is 1.61. The summed E-state index contributed by atoms with van der Waals surface area (Å²) in [4.78, 5) is 0. The Kier molecular flexibility index (Phi) is 5.46. The molecule has 3 N–H and O–H groups in total. The van der Waals surface area contributed by atoms with Crippen LogP contribution >= 0.6 is 0 Å². The Balaban J connectivity index is 3.65. The van der Waals surface area contributed by atoms with Crippen LogP contribution in [0.2, 0.25) is 0 Å². The van der Waals surface area contributed by atoms with Crippen molar-refractivity contribution in [3.05, 3.63) is 0 Å². The molecule has 0 saturated carbocycles. The molecule has 0 heterocycles. The van der Waals surface area contributed by atoms with Gasteiger partial charge in [0.1, 0.15) is 0 Å². The van der Waals surface area contributed by atoms with E-state index in [0.29, 0.717) is 6.54 Å². The van der Waals surface area contributed by atoms with Gasteiger partial charge in [0.05, 0.1) is 12.2 Å². The third kappa shape index (κ3) is 4.70. The predicted octanol–water partition coefficient (Wildman–Crippen LogP) is 0.508. The van der Waals surface area contributed by atoms with Gasteiger partial charge in [-0.15, -0.1) is 0 Å². The monoisotopic (exact) mass is 175 g/mol. The van der Waals surface area contributed by atoms with Gasteiger partial charge in [0, 0.05) is 12.6 Å². The molecule has 0 spiro atoms. The van der Waals surface area contributed by atoms with Crippen LogP contribution in [0.5, 0.6) is 0 Å². The van der Waals surface area contributed by atoms with Crippen LogP contribution in [0.3, 0.4) is 0 Å². The molecule has 0 aliphatic carbocycles. The van der Waals surface area contributed by atoms with Crippen LogP contribution in [0.1, 0.15) is 33.6 Å². The lowest BCUT2D eigenvalue weighted by atomic mass is 10.0. The third-order valence-corrected chi connectivity index (χ3v) is 2.25. The fourth-order valence-electron chi connectivity index (χ4n) is 0.827. The first-order valence-electron chi connectivity index (χ1n) is 4.62. The molecular formula is C9H21NO2. The maximum atomic E-state index is 9.62. The SMILES string of the molecule is CCC(CO)NCC(C)(O)CC. The van der Waals surface area contributed by atoms with Crippen molar-refractivity contribution in [2.45, 2.75) is 45.3 Å². The number of hydrogen-bond donors (Lipinski definition) is 3. The minimum absolute atomic E-state index is 0.114. The van der Waals surface area contributed by atoms with E-state index in [9.17, 15) is 5.11 Å². The smallest absolute Gasteiger partial charge is 0.0741 e. The van der Waals surface area contributed by atoms with Crippen LogP contribution in [0.15, 0.2) is 0 Å². The first-order chi connectivity index (χ1) is 5.55. The molecule has 0 bridgehead atoms. The van der Waals surface area contributed by atoms with Gasteiger partial charge in [-0.2, -0.15) is 0 Å². The van der Waals surface area contributed by atoms with Gasteiger partial charge in [0.15, 0.2) is 0 Å². The van der Waals surface area contributed by atoms with E-state index in [-0.39, 0.29) is 12.6 Å². The molecule has 0 amide bonds. The molecule has 0 aromatic carbocycles. The summed E-state index contributed by atoms with van der Waals surface area (Å²) in [6.45, 7) is 6.43. The number of aliphatic hydroxyl groups excluding tert-OH is 1. The molecule has 74 valence electrons. The first-order valence-corrected chi connectivity index (χ1v) is 4.62. The second-order valence-corrected chi connectivity index (χ2v) is 3.52. The van der Waals surface area contributed by atoms with Crippen LogP contribution in [0, 0.1) is 0 Å². The van der Waals surface area contributed by atoms with Crippen molar-refractivity contribution in [2.24, 2.45) is 0 Å². The van der Waals surface area contributed by atoms with Crippen molar-refractivity contribution in [1.29, 1.82) is 0 Å². The second-order valence-electron chi connectivity index (χ2n) is 3.52. The Labute approximate surface area is 74.8 Å². The van der Waals surface area contributed by atoms with Crippen molar-refractivity contribution in [1.82, 2.24) is 5.32 Å². The molecule has 3 nitrogen and oxygen atoms in total. The minimum Gasteiger partial charge on any atom is -0.395 e. The Morgan fingerprint density at radius 1 is 1.42 bits per heavy atom. The molecule has 0 aliphatic heterocycles. The Bertz CT molecular complexity index is 111. The topological polar surface area (TPSA) is 52.5 Å². The van der Waals surface area contributed by atoms with Gasteiger partial charge in [-0.1, -0.05) is 13.8 Å². The zero-order valence-electron chi connectivity index (χ0n) is 8.30. The van der Waals surface area contributed by atoms with Crippen LogP contribution in [0.4, 0.5) is 0 Å². The largest absolute Gasteiger partial charge is 0.395 e. The quantitative estimate of drug-likeness (QED) is 0.551. The lowest BCUT2D eigenvalue weighted by Crippen LogP contribution is -2.43. The summed E-state index contributed by atoms with van der Waals surface area (Å²) in [5.74, 6) is 0. The van der Waals surface area contributed by atoms with Crippen LogP contribution in [-0.2, 0) is 0 Å². The fraction of sp³-hybridized carbons (Fsp3) is 1.00. The highest BCUT2D eigenvalue weighted by Crippen LogP contribution is 2.06. The molecule has 0 fully saturated rings. The summed E-state index contributed by atoms with van der Waals surface area (Å²) < 4.78 is 0. The Morgan fingerprint density at radius 2 is 2.00 bits per heavy atom. The Hall–Kier alpha value is -0.120. The Morgan fingerprint density at radius 3 is 2.33 bits per heavy atom. The second kappa shape index (κ2) is 5.51. The maximum Gasteiger partial charge on any atom is 0.0741 e. The van der Waals surface area contributed by atoms with Crippen molar-refractivity contribution < 1.29 is 10.2 Å². The molecule has 3 heteroatoms. The van der Waals surface area contributed by atoms with Crippen molar-refractivity contribution in [2.75, 3.05) is 13.2 Å². The standard InChI is InChI=1S/C9H21NO2/c1-4-8(6-11)10-7-9(3,12)5-2/h8,10-12H,4-7H2,1-3H3. The van der Waals surface area contributed by atoms with Gasteiger partial charge >= 0.3 is 0 Å². The minimum atomic E-state index is -0.650. The summed E-state index contributed by atoms with van der Waals surface area (Å²) in [6, 6.07) is 0.114. The number of hydrogen-bond acceptors (Lipinski definition) is 3. The molecule has 0 radical (unpaired) electrons. The van der Waals surface area contributed by atoms with Gasteiger partial charge < -0.3 is 15.5 Å². The van der Waals surface area contributed by atoms with E-state index in [0.717, 1.165) is 12.8 Å². The number of nitrogens with one attached hydrogen (secondary N) is 1. The van der Waals surface area contributed by atoms with Gasteiger partial charge in [0.25, 0.3) is 0 Å². The van der Waals surface area contributed by atoms with Gasteiger partial charge in [-0.05, 0) is 19.8 Å². The van der Waals surface area contributed by atoms with Crippen LogP contribution in [0.25, 0.3) is 0 Å². The van der Waals surface area contributed by atoms with E-state index in [1.807, 2.05) is 13.8 Å². The average Bonchev–Trinajstić information content (AvgIpc) is 2.06. The normalized spacial score (nSPS) is 18.8. The molecule has 0 aromatic heterocycles. The predicted molar refractivity (Wildman–Crippen MR) is 50.1 cm³/mol. The molecule has 0 rings (SSSR count). The van der Waals surface area contributed by atoms with E-state index in [2.05, 4.69) is 5.32 Å². The maximum absolute atomic E-state index is 9.62. The van der Waals surface area contributed by atoms with Gasteiger partial charge in [-0.3, -0.25) is 0 Å². The highest BCUT2D eigenvalue weighted by atomic mass is 16.3. The zero-order chi connectivity index (χ0) is 9.61. The fourth-order valence-corrected chi connectivity index (χ4v) is 0.827. The first kappa shape index (κ1) is 11.9. The molecule has 0 aromatic rings. The molecule has 2 unspecified atom stereocenters. The molecule has 12 heavy (non-hydrogen) atoms. The number of rotatable bonds is 6. The van der Waals surface area contributed by atoms with Crippen molar-refractivity contribution in [3.63, 3.8) is 0 Å². The summed E-state index contributed by atoms with van der Waals surface area (Å²) in [7, 11) is 0. The third-order valence-electron chi connectivity index (χ3n) is 2.25. The average molecular weight is 175 g/mol. The summed E-state index contributed by atoms with van der Waals surface area (Å²) >= 11 is 0. The highest BCUT2D eigenvalue weighted by molar-refractivity contribution is 4.76. The van der Waals surface area contributed by atoms with Crippen molar-refractivity contribution in [3.8, 4) is 0 Å².